The number of aryl methyl sites for hydroxylation is 2. The predicted molar refractivity (Wildman–Crippen MR) is 99.6 cm³/mol. The van der Waals surface area contributed by atoms with Crippen LogP contribution in [0.1, 0.15) is 25.0 Å². The Morgan fingerprint density at radius 2 is 1.04 bits per heavy atom. The first-order valence-corrected chi connectivity index (χ1v) is 9.76. The van der Waals surface area contributed by atoms with Crippen LogP contribution < -0.4 is 0 Å². The third-order valence-electron chi connectivity index (χ3n) is 3.33. The first-order chi connectivity index (χ1) is 11.0. The number of hydrogen-bond acceptors (Lipinski definition) is 2. The van der Waals surface area contributed by atoms with Gasteiger partial charge < -0.3 is 0 Å². The standard InChI is InChI=1S/C18H20N2.2ClH.Ni/c1-13-9-5-7-11-17(13)19-15(3)16(4)20-18-12-8-6-10-14(18)2;;;/h5-12H,1-4H3;2*1H;/q;;;+2/p-2. The van der Waals surface area contributed by atoms with E-state index < -0.39 is 0 Å². The van der Waals surface area contributed by atoms with Crippen molar-refractivity contribution in [3.8, 4) is 0 Å². The van der Waals surface area contributed by atoms with Gasteiger partial charge in [0.1, 0.15) is 0 Å². The Bertz CT molecular complexity index is 637. The van der Waals surface area contributed by atoms with Gasteiger partial charge in [0, 0.05) is 0 Å². The van der Waals surface area contributed by atoms with E-state index in [2.05, 4.69) is 36.0 Å². The van der Waals surface area contributed by atoms with Crippen molar-refractivity contribution < 1.29 is 12.7 Å². The zero-order valence-corrected chi connectivity index (χ0v) is 16.1. The third-order valence-corrected chi connectivity index (χ3v) is 3.33. The van der Waals surface area contributed by atoms with E-state index in [0.29, 0.717) is 12.7 Å². The van der Waals surface area contributed by atoms with E-state index in [4.69, 9.17) is 20.4 Å². The fourth-order valence-electron chi connectivity index (χ4n) is 1.90. The summed E-state index contributed by atoms with van der Waals surface area (Å²) in [6.45, 7) is 8.15. The number of nitrogens with zero attached hydrogens (tertiary/aromatic N) is 2. The quantitative estimate of drug-likeness (QED) is 0.416. The molecule has 5 heteroatoms. The van der Waals surface area contributed by atoms with Crippen molar-refractivity contribution in [2.45, 2.75) is 27.7 Å². The molecular weight excluding hydrogens is 374 g/mol. The van der Waals surface area contributed by atoms with Crippen molar-refractivity contribution >= 4 is 43.2 Å². The van der Waals surface area contributed by atoms with Gasteiger partial charge in [-0.1, -0.05) is 36.4 Å². The minimum absolute atomic E-state index is 0.569. The first-order valence-electron chi connectivity index (χ1n) is 7.04. The van der Waals surface area contributed by atoms with E-state index in [-0.39, 0.29) is 0 Å². The van der Waals surface area contributed by atoms with E-state index in [1.165, 1.54) is 11.1 Å². The summed E-state index contributed by atoms with van der Waals surface area (Å²) in [7, 11) is 9.40. The van der Waals surface area contributed by atoms with Crippen molar-refractivity contribution in [2.24, 2.45) is 9.98 Å². The summed E-state index contributed by atoms with van der Waals surface area (Å²) in [5.74, 6) is 0. The van der Waals surface area contributed by atoms with Gasteiger partial charge in [-0.05, 0) is 51.0 Å². The van der Waals surface area contributed by atoms with Gasteiger partial charge in [-0.2, -0.15) is 0 Å². The Labute approximate surface area is 153 Å². The summed E-state index contributed by atoms with van der Waals surface area (Å²) in [6, 6.07) is 16.3. The molecule has 0 bridgehead atoms. The Kier molecular flexibility index (Phi) is 9.17. The number of para-hydroxylation sites is 2. The summed E-state index contributed by atoms with van der Waals surface area (Å²) in [5, 5.41) is 0. The van der Waals surface area contributed by atoms with Crippen LogP contribution in [0.4, 0.5) is 11.4 Å². The molecule has 2 aromatic rings. The number of benzene rings is 2. The summed E-state index contributed by atoms with van der Waals surface area (Å²) in [4.78, 5) is 9.34. The molecule has 0 heterocycles. The molecule has 23 heavy (non-hydrogen) atoms. The van der Waals surface area contributed by atoms with Gasteiger partial charge >= 0.3 is 33.0 Å². The molecule has 2 nitrogen and oxygen atoms in total. The van der Waals surface area contributed by atoms with Crippen LogP contribution in [0.25, 0.3) is 0 Å². The van der Waals surface area contributed by atoms with Gasteiger partial charge in [0.2, 0.25) is 0 Å². The Morgan fingerprint density at radius 3 is 1.35 bits per heavy atom. The molecule has 0 amide bonds. The third kappa shape index (κ3) is 6.87. The molecule has 0 spiro atoms. The molecule has 0 fully saturated rings. The Morgan fingerprint density at radius 1 is 0.739 bits per heavy atom. The predicted octanol–water partition coefficient (Wildman–Crippen LogP) is 6.56. The Hall–Kier alpha value is -1.15. The van der Waals surface area contributed by atoms with Crippen LogP contribution in [0.15, 0.2) is 58.5 Å². The van der Waals surface area contributed by atoms with E-state index in [1.807, 2.05) is 50.2 Å². The van der Waals surface area contributed by atoms with Crippen LogP contribution >= 0.6 is 20.4 Å². The van der Waals surface area contributed by atoms with Crippen LogP contribution in [-0.2, 0) is 12.7 Å². The van der Waals surface area contributed by atoms with Crippen molar-refractivity contribution in [1.29, 1.82) is 0 Å². The fraction of sp³-hybridized carbons (Fsp3) is 0.222. The summed E-state index contributed by atoms with van der Waals surface area (Å²) >= 11 is 0.569. The van der Waals surface area contributed by atoms with Crippen molar-refractivity contribution in [2.75, 3.05) is 0 Å². The van der Waals surface area contributed by atoms with Crippen LogP contribution in [-0.4, -0.2) is 11.4 Å². The van der Waals surface area contributed by atoms with Crippen LogP contribution in [0.2, 0.25) is 0 Å². The van der Waals surface area contributed by atoms with Crippen molar-refractivity contribution in [3.63, 3.8) is 0 Å². The van der Waals surface area contributed by atoms with E-state index in [1.54, 1.807) is 0 Å². The molecule has 0 unspecified atom stereocenters. The molecular formula is C18H20Cl2N2Ni. The minimum atomic E-state index is 0.569. The van der Waals surface area contributed by atoms with Crippen LogP contribution in [0.5, 0.6) is 0 Å². The summed E-state index contributed by atoms with van der Waals surface area (Å²) < 4.78 is 0. The molecule has 2 aromatic carbocycles. The molecule has 2 rings (SSSR count). The van der Waals surface area contributed by atoms with Gasteiger partial charge in [-0.25, -0.2) is 0 Å². The molecule has 0 aromatic heterocycles. The number of halogens is 2. The molecule has 0 atom stereocenters. The van der Waals surface area contributed by atoms with Gasteiger partial charge in [-0.15, -0.1) is 0 Å². The van der Waals surface area contributed by atoms with Crippen LogP contribution in [0.3, 0.4) is 0 Å². The maximum atomic E-state index is 4.70. The van der Waals surface area contributed by atoms with Crippen LogP contribution in [0, 0.1) is 13.8 Å². The SMILES string of the molecule is CC(=Nc1ccccc1C)C(C)=Nc1ccccc1C.[Cl][Ni][Cl]. The summed E-state index contributed by atoms with van der Waals surface area (Å²) in [6.07, 6.45) is 0. The second-order valence-corrected chi connectivity index (χ2v) is 6.64. The second-order valence-electron chi connectivity index (χ2n) is 5.01. The average molecular weight is 394 g/mol. The van der Waals surface area contributed by atoms with Crippen molar-refractivity contribution in [3.05, 3.63) is 59.7 Å². The number of hydrogen-bond donors (Lipinski definition) is 0. The van der Waals surface area contributed by atoms with Gasteiger partial charge in [0.05, 0.1) is 22.8 Å². The van der Waals surface area contributed by atoms with Gasteiger partial charge in [0.25, 0.3) is 0 Å². The monoisotopic (exact) mass is 392 g/mol. The first kappa shape index (κ1) is 19.9. The zero-order chi connectivity index (χ0) is 17.2. The molecule has 0 aliphatic rings. The van der Waals surface area contributed by atoms with E-state index in [9.17, 15) is 0 Å². The van der Waals surface area contributed by atoms with Gasteiger partial charge in [-0.3, -0.25) is 9.98 Å². The average Bonchev–Trinajstić information content (AvgIpc) is 2.52. The number of rotatable bonds is 3. The number of aliphatic imine (C=N–C) groups is 2. The second kappa shape index (κ2) is 10.6. The maximum absolute atomic E-state index is 4.70. The molecule has 0 radical (unpaired) electrons. The molecule has 0 N–H and O–H groups in total. The fourth-order valence-corrected chi connectivity index (χ4v) is 1.90. The molecule has 0 aliphatic carbocycles. The molecule has 0 saturated carbocycles. The van der Waals surface area contributed by atoms with E-state index in [0.717, 1.165) is 22.8 Å². The Balaban J connectivity index is 0.000000816. The molecule has 126 valence electrons. The summed E-state index contributed by atoms with van der Waals surface area (Å²) in [5.41, 5.74) is 6.25. The zero-order valence-electron chi connectivity index (χ0n) is 13.6. The van der Waals surface area contributed by atoms with Gasteiger partial charge in [0.15, 0.2) is 0 Å². The molecule has 0 saturated heterocycles. The van der Waals surface area contributed by atoms with Crippen molar-refractivity contribution in [1.82, 2.24) is 0 Å². The van der Waals surface area contributed by atoms with E-state index >= 15 is 0 Å². The topological polar surface area (TPSA) is 24.7 Å². The molecule has 0 aliphatic heterocycles. The normalized spacial score (nSPS) is 11.9.